The topological polar surface area (TPSA) is 80.3 Å². The molecular weight excluding hydrogens is 243 g/mol. The number of carbonyl (C=O) groups is 2. The van der Waals surface area contributed by atoms with Crippen molar-refractivity contribution in [2.24, 2.45) is 0 Å². The summed E-state index contributed by atoms with van der Waals surface area (Å²) in [5.74, 6) is -1.14. The van der Waals surface area contributed by atoms with Gasteiger partial charge in [-0.05, 0) is 6.32 Å². The van der Waals surface area contributed by atoms with E-state index in [1.54, 1.807) is 0 Å². The molecule has 18 heavy (non-hydrogen) atoms. The van der Waals surface area contributed by atoms with Gasteiger partial charge in [-0.3, -0.25) is 4.79 Å². The number of hydrogen-bond donors (Lipinski definition) is 0. The van der Waals surface area contributed by atoms with Gasteiger partial charge in [0.2, 0.25) is 6.10 Å². The molecule has 0 aromatic carbocycles. The molecule has 0 aliphatic carbocycles. The first-order valence-electron chi connectivity index (χ1n) is 5.94. The fourth-order valence-corrected chi connectivity index (χ4v) is 2.46. The first-order valence-corrected chi connectivity index (χ1v) is 5.94. The Kier molecular flexibility index (Phi) is 2.80. The van der Waals surface area contributed by atoms with E-state index in [4.69, 9.17) is 23.5 Å². The minimum Gasteiger partial charge on any atom is -0.454 e. The van der Waals surface area contributed by atoms with Gasteiger partial charge in [0, 0.05) is 6.92 Å². The summed E-state index contributed by atoms with van der Waals surface area (Å²) in [6.07, 6.45) is -2.54. The molecule has 3 aliphatic rings. The van der Waals surface area contributed by atoms with Gasteiger partial charge >= 0.3 is 19.1 Å². The molecule has 3 fully saturated rings. The SMILES string of the molecule is CCB1OC2OC3C(OC(C)=O)C(=O)OC3C2O1. The average Bonchev–Trinajstić information content (AvgIpc) is 2.91. The summed E-state index contributed by atoms with van der Waals surface area (Å²) >= 11 is 0. The summed E-state index contributed by atoms with van der Waals surface area (Å²) in [6.45, 7) is 3.15. The largest absolute Gasteiger partial charge is 0.458 e. The lowest BCUT2D eigenvalue weighted by atomic mass is 9.87. The van der Waals surface area contributed by atoms with Crippen LogP contribution < -0.4 is 0 Å². The minimum absolute atomic E-state index is 0.340. The highest BCUT2D eigenvalue weighted by Crippen LogP contribution is 2.39. The normalized spacial score (nSPS) is 41.6. The Morgan fingerprint density at radius 2 is 2.11 bits per heavy atom. The maximum absolute atomic E-state index is 11.6. The van der Waals surface area contributed by atoms with Gasteiger partial charge in [-0.15, -0.1) is 0 Å². The van der Waals surface area contributed by atoms with Crippen LogP contribution in [0.3, 0.4) is 0 Å². The zero-order valence-electron chi connectivity index (χ0n) is 10.0. The first-order chi connectivity index (χ1) is 8.60. The van der Waals surface area contributed by atoms with E-state index < -0.39 is 42.6 Å². The molecule has 3 heterocycles. The van der Waals surface area contributed by atoms with Gasteiger partial charge in [0.1, 0.15) is 12.2 Å². The third-order valence-electron chi connectivity index (χ3n) is 3.21. The molecule has 0 spiro atoms. The highest BCUT2D eigenvalue weighted by molar-refractivity contribution is 6.45. The summed E-state index contributed by atoms with van der Waals surface area (Å²) in [5.41, 5.74) is 0. The molecule has 5 unspecified atom stereocenters. The molecule has 98 valence electrons. The number of rotatable bonds is 2. The lowest BCUT2D eigenvalue weighted by molar-refractivity contribution is -0.169. The molecule has 5 atom stereocenters. The molecule has 7 nitrogen and oxygen atoms in total. The van der Waals surface area contributed by atoms with E-state index in [1.165, 1.54) is 6.92 Å². The van der Waals surface area contributed by atoms with Crippen molar-refractivity contribution in [2.75, 3.05) is 0 Å². The van der Waals surface area contributed by atoms with Crippen LogP contribution in [0.2, 0.25) is 6.32 Å². The quantitative estimate of drug-likeness (QED) is 0.486. The molecule has 3 saturated heterocycles. The van der Waals surface area contributed by atoms with E-state index in [0.29, 0.717) is 6.32 Å². The van der Waals surface area contributed by atoms with E-state index in [0.717, 1.165) is 0 Å². The van der Waals surface area contributed by atoms with Crippen molar-refractivity contribution in [1.29, 1.82) is 0 Å². The summed E-state index contributed by atoms with van der Waals surface area (Å²) in [7, 11) is -0.340. The molecule has 0 saturated carbocycles. The monoisotopic (exact) mass is 256 g/mol. The lowest BCUT2D eigenvalue weighted by Crippen LogP contribution is -2.36. The van der Waals surface area contributed by atoms with Gasteiger partial charge in [0.05, 0.1) is 0 Å². The predicted molar refractivity (Wildman–Crippen MR) is 56.3 cm³/mol. The molecule has 0 radical (unpaired) electrons. The summed E-state index contributed by atoms with van der Waals surface area (Å²) in [4.78, 5) is 22.5. The fraction of sp³-hybridized carbons (Fsp3) is 0.800. The summed E-state index contributed by atoms with van der Waals surface area (Å²) < 4.78 is 26.7. The van der Waals surface area contributed by atoms with E-state index in [1.807, 2.05) is 6.92 Å². The molecule has 3 rings (SSSR count). The number of fused-ring (bicyclic) bond motifs is 3. The zero-order valence-corrected chi connectivity index (χ0v) is 10.0. The Morgan fingerprint density at radius 1 is 1.33 bits per heavy atom. The van der Waals surface area contributed by atoms with Crippen LogP contribution in [-0.2, 0) is 33.1 Å². The molecular formula is C10H13BO7. The highest BCUT2D eigenvalue weighted by atomic mass is 16.8. The van der Waals surface area contributed by atoms with Crippen molar-refractivity contribution in [1.82, 2.24) is 0 Å². The van der Waals surface area contributed by atoms with Crippen LogP contribution in [-0.4, -0.2) is 49.8 Å². The van der Waals surface area contributed by atoms with Crippen molar-refractivity contribution in [3.8, 4) is 0 Å². The van der Waals surface area contributed by atoms with Gasteiger partial charge in [0.25, 0.3) is 0 Å². The minimum atomic E-state index is -1.02. The summed E-state index contributed by atoms with van der Waals surface area (Å²) in [6, 6.07) is 0. The van der Waals surface area contributed by atoms with Crippen molar-refractivity contribution >= 4 is 19.1 Å². The summed E-state index contributed by atoms with van der Waals surface area (Å²) in [5, 5.41) is 0. The van der Waals surface area contributed by atoms with Gasteiger partial charge in [-0.25, -0.2) is 4.79 Å². The molecule has 0 bridgehead atoms. The van der Waals surface area contributed by atoms with Crippen molar-refractivity contribution in [3.05, 3.63) is 0 Å². The fourth-order valence-electron chi connectivity index (χ4n) is 2.46. The molecule has 3 aliphatic heterocycles. The molecule has 0 aromatic heterocycles. The number of esters is 2. The van der Waals surface area contributed by atoms with E-state index in [9.17, 15) is 9.59 Å². The maximum Gasteiger partial charge on any atom is 0.458 e. The van der Waals surface area contributed by atoms with Gasteiger partial charge in [0.15, 0.2) is 12.4 Å². The predicted octanol–water partition coefficient (Wildman–Crippen LogP) is -0.508. The second kappa shape index (κ2) is 4.22. The second-order valence-corrected chi connectivity index (χ2v) is 4.48. The van der Waals surface area contributed by atoms with Crippen LogP contribution in [0.25, 0.3) is 0 Å². The Hall–Kier alpha value is -1.12. The van der Waals surface area contributed by atoms with Crippen molar-refractivity contribution < 1.29 is 33.1 Å². The Bertz CT molecular complexity index is 386. The van der Waals surface area contributed by atoms with Crippen LogP contribution >= 0.6 is 0 Å². The van der Waals surface area contributed by atoms with Gasteiger partial charge in [-0.2, -0.15) is 0 Å². The van der Waals surface area contributed by atoms with Crippen LogP contribution in [0.1, 0.15) is 13.8 Å². The van der Waals surface area contributed by atoms with Gasteiger partial charge < -0.3 is 23.5 Å². The highest BCUT2D eigenvalue weighted by Gasteiger charge is 2.63. The van der Waals surface area contributed by atoms with E-state index >= 15 is 0 Å². The third-order valence-corrected chi connectivity index (χ3v) is 3.21. The first kappa shape index (κ1) is 11.9. The third kappa shape index (κ3) is 1.72. The smallest absolute Gasteiger partial charge is 0.454 e. The molecule has 8 heteroatoms. The zero-order chi connectivity index (χ0) is 12.9. The molecule has 0 amide bonds. The van der Waals surface area contributed by atoms with Crippen LogP contribution in [0, 0.1) is 0 Å². The average molecular weight is 256 g/mol. The lowest BCUT2D eigenvalue weighted by Gasteiger charge is -2.15. The van der Waals surface area contributed by atoms with Crippen LogP contribution in [0.4, 0.5) is 0 Å². The van der Waals surface area contributed by atoms with Crippen LogP contribution in [0.5, 0.6) is 0 Å². The number of hydrogen-bond acceptors (Lipinski definition) is 7. The van der Waals surface area contributed by atoms with E-state index in [-0.39, 0.29) is 7.12 Å². The van der Waals surface area contributed by atoms with Crippen molar-refractivity contribution in [3.63, 3.8) is 0 Å². The Balaban J connectivity index is 1.73. The standard InChI is InChI=1S/C10H13BO7/c1-3-11-17-8-6-5(16-10(8)18-11)7(9(13)15-6)14-4(2)12/h5-8,10H,3H2,1-2H3. The number of carbonyl (C=O) groups excluding carboxylic acids is 2. The maximum atomic E-state index is 11.6. The van der Waals surface area contributed by atoms with E-state index in [2.05, 4.69) is 0 Å². The second-order valence-electron chi connectivity index (χ2n) is 4.48. The van der Waals surface area contributed by atoms with Crippen LogP contribution in [0.15, 0.2) is 0 Å². The Labute approximate surface area is 104 Å². The number of ether oxygens (including phenoxy) is 3. The molecule has 0 aromatic rings. The Morgan fingerprint density at radius 3 is 2.78 bits per heavy atom. The molecule has 0 N–H and O–H groups in total. The van der Waals surface area contributed by atoms with Gasteiger partial charge in [-0.1, -0.05) is 6.92 Å². The van der Waals surface area contributed by atoms with Crippen molar-refractivity contribution in [2.45, 2.75) is 50.9 Å².